The van der Waals surface area contributed by atoms with Crippen molar-refractivity contribution in [3.8, 4) is 0 Å². The first-order valence-corrected chi connectivity index (χ1v) is 13.8. The monoisotopic (exact) mass is 478 g/mol. The summed E-state index contributed by atoms with van der Waals surface area (Å²) in [4.78, 5) is 19.2. The number of carbonyl (C=O) groups is 1. The summed E-state index contributed by atoms with van der Waals surface area (Å²) in [5.74, 6) is 1.73. The number of rotatable bonds is 5. The number of anilines is 1. The largest absolute Gasteiger partial charge is 0.354 e. The van der Waals surface area contributed by atoms with Crippen LogP contribution in [-0.2, 0) is 14.8 Å². The lowest BCUT2D eigenvalue weighted by Gasteiger charge is -2.42. The lowest BCUT2D eigenvalue weighted by Crippen LogP contribution is -2.46. The maximum absolute atomic E-state index is 13.7. The molecule has 3 aliphatic rings. The average Bonchev–Trinajstić information content (AvgIpc) is 3.37. The van der Waals surface area contributed by atoms with Gasteiger partial charge < -0.3 is 10.2 Å². The third-order valence-electron chi connectivity index (χ3n) is 7.25. The minimum absolute atomic E-state index is 0.0871. The Hall–Kier alpha value is -1.85. The Morgan fingerprint density at radius 1 is 1.25 bits per heavy atom. The Kier molecular flexibility index (Phi) is 5.61. The molecule has 0 aromatic carbocycles. The number of nitrogens with one attached hydrogen (secondary N) is 1. The van der Waals surface area contributed by atoms with Crippen LogP contribution in [0, 0.1) is 0 Å². The molecule has 5 heterocycles. The third kappa shape index (κ3) is 3.58. The van der Waals surface area contributed by atoms with Gasteiger partial charge in [-0.15, -0.1) is 0 Å². The smallest absolute Gasteiger partial charge is 0.249 e. The van der Waals surface area contributed by atoms with E-state index in [4.69, 9.17) is 4.98 Å². The molecule has 3 aliphatic heterocycles. The molecule has 0 aliphatic carbocycles. The van der Waals surface area contributed by atoms with Gasteiger partial charge in [0, 0.05) is 54.8 Å². The molecule has 9 nitrogen and oxygen atoms in total. The standard InChI is InChI=1S/C21H30N6O3S2/c1-3-21(4-2)14-25(9-10-31-21)18-7-8-26-20(24-18)17(13-23-26)32(29,30)27-15-5-6-16(27)12-22-19(28)11-15/h7-8,13,15-16H,3-6,9-12,14H2,1-2H3,(H,22,28). The zero-order valence-corrected chi connectivity index (χ0v) is 20.2. The van der Waals surface area contributed by atoms with E-state index in [0.717, 1.165) is 43.9 Å². The van der Waals surface area contributed by atoms with Gasteiger partial charge >= 0.3 is 0 Å². The van der Waals surface area contributed by atoms with Gasteiger partial charge in [0.15, 0.2) is 5.65 Å². The predicted octanol–water partition coefficient (Wildman–Crippen LogP) is 1.88. The highest BCUT2D eigenvalue weighted by molar-refractivity contribution is 8.00. The van der Waals surface area contributed by atoms with E-state index in [0.29, 0.717) is 18.6 Å². The van der Waals surface area contributed by atoms with Crippen molar-refractivity contribution < 1.29 is 13.2 Å². The van der Waals surface area contributed by atoms with Crippen LogP contribution in [0.2, 0.25) is 0 Å². The van der Waals surface area contributed by atoms with Gasteiger partial charge in [0.2, 0.25) is 15.9 Å². The molecule has 2 bridgehead atoms. The van der Waals surface area contributed by atoms with Crippen molar-refractivity contribution in [3.63, 3.8) is 0 Å². The average molecular weight is 479 g/mol. The Labute approximate surface area is 193 Å². The van der Waals surface area contributed by atoms with Crippen molar-refractivity contribution in [1.29, 1.82) is 0 Å². The van der Waals surface area contributed by atoms with Crippen LogP contribution in [0.1, 0.15) is 46.0 Å². The van der Waals surface area contributed by atoms with E-state index in [1.54, 1.807) is 6.20 Å². The minimum atomic E-state index is -3.83. The normalized spacial score (nSPS) is 26.3. The molecule has 3 saturated heterocycles. The van der Waals surface area contributed by atoms with E-state index >= 15 is 0 Å². The molecule has 2 aromatic heterocycles. The third-order valence-corrected chi connectivity index (χ3v) is 10.9. The molecular weight excluding hydrogens is 448 g/mol. The van der Waals surface area contributed by atoms with Gasteiger partial charge in [-0.3, -0.25) is 4.79 Å². The molecule has 1 N–H and O–H groups in total. The second-order valence-electron chi connectivity index (χ2n) is 8.95. The van der Waals surface area contributed by atoms with Crippen LogP contribution >= 0.6 is 11.8 Å². The Morgan fingerprint density at radius 3 is 2.81 bits per heavy atom. The fourth-order valence-corrected chi connectivity index (χ4v) is 8.58. The van der Waals surface area contributed by atoms with E-state index in [1.165, 1.54) is 15.0 Å². The van der Waals surface area contributed by atoms with Crippen LogP contribution in [-0.4, -0.2) is 75.4 Å². The summed E-state index contributed by atoms with van der Waals surface area (Å²) in [7, 11) is -3.83. The number of fused-ring (bicyclic) bond motifs is 3. The fourth-order valence-electron chi connectivity index (χ4n) is 5.26. The van der Waals surface area contributed by atoms with E-state index in [9.17, 15) is 13.2 Å². The topological polar surface area (TPSA) is 99.9 Å². The van der Waals surface area contributed by atoms with Gasteiger partial charge in [0.25, 0.3) is 0 Å². The highest BCUT2D eigenvalue weighted by atomic mass is 32.2. The number of thioether (sulfide) groups is 1. The Bertz CT molecular complexity index is 1130. The molecule has 11 heteroatoms. The molecule has 1 amide bonds. The Morgan fingerprint density at radius 2 is 2.03 bits per heavy atom. The highest BCUT2D eigenvalue weighted by Crippen LogP contribution is 2.38. The molecule has 2 unspecified atom stereocenters. The number of sulfonamides is 1. The SMILES string of the molecule is CCC1(CC)CN(c2ccn3ncc(S(=O)(=O)N4C5CCC4CC(=O)NC5)c3n2)CCS1. The molecule has 174 valence electrons. The van der Waals surface area contributed by atoms with Crippen molar-refractivity contribution in [3.05, 3.63) is 18.5 Å². The first-order chi connectivity index (χ1) is 15.4. The quantitative estimate of drug-likeness (QED) is 0.700. The first kappa shape index (κ1) is 22.0. The summed E-state index contributed by atoms with van der Waals surface area (Å²) >= 11 is 2.03. The first-order valence-electron chi connectivity index (χ1n) is 11.4. The molecule has 5 rings (SSSR count). The van der Waals surface area contributed by atoms with Crippen molar-refractivity contribution in [2.75, 3.05) is 30.3 Å². The maximum Gasteiger partial charge on any atom is 0.249 e. The molecule has 32 heavy (non-hydrogen) atoms. The van der Waals surface area contributed by atoms with Gasteiger partial charge in [-0.2, -0.15) is 21.2 Å². The van der Waals surface area contributed by atoms with Crippen LogP contribution < -0.4 is 10.2 Å². The lowest BCUT2D eigenvalue weighted by molar-refractivity contribution is -0.121. The van der Waals surface area contributed by atoms with E-state index in [2.05, 4.69) is 29.2 Å². The summed E-state index contributed by atoms with van der Waals surface area (Å²) in [6.45, 7) is 6.60. The zero-order chi connectivity index (χ0) is 22.5. The van der Waals surface area contributed by atoms with Crippen LogP contribution in [0.4, 0.5) is 5.82 Å². The summed E-state index contributed by atoms with van der Waals surface area (Å²) in [6, 6.07) is 1.39. The Balaban J connectivity index is 1.51. The van der Waals surface area contributed by atoms with Crippen LogP contribution in [0.3, 0.4) is 0 Å². The molecular formula is C21H30N6O3S2. The number of hydrogen-bond acceptors (Lipinski definition) is 7. The van der Waals surface area contributed by atoms with Gasteiger partial charge in [-0.25, -0.2) is 17.9 Å². The maximum atomic E-state index is 13.7. The van der Waals surface area contributed by atoms with Gasteiger partial charge in [-0.1, -0.05) is 13.8 Å². The van der Waals surface area contributed by atoms with Crippen molar-refractivity contribution in [2.24, 2.45) is 0 Å². The van der Waals surface area contributed by atoms with Crippen LogP contribution in [0.15, 0.2) is 23.4 Å². The number of aromatic nitrogens is 3. The summed E-state index contributed by atoms with van der Waals surface area (Å²) < 4.78 is 30.8. The molecule has 0 saturated carbocycles. The molecule has 2 aromatic rings. The highest BCUT2D eigenvalue weighted by Gasteiger charge is 2.46. The molecule has 2 atom stereocenters. The predicted molar refractivity (Wildman–Crippen MR) is 124 cm³/mol. The van der Waals surface area contributed by atoms with Gasteiger partial charge in [-0.05, 0) is 31.7 Å². The second kappa shape index (κ2) is 8.18. The van der Waals surface area contributed by atoms with E-state index in [1.807, 2.05) is 17.8 Å². The molecule has 3 fully saturated rings. The van der Waals surface area contributed by atoms with Crippen LogP contribution in [0.5, 0.6) is 0 Å². The summed E-state index contributed by atoms with van der Waals surface area (Å²) in [5, 5.41) is 7.12. The fraction of sp³-hybridized carbons (Fsp3) is 0.667. The summed E-state index contributed by atoms with van der Waals surface area (Å²) in [5.41, 5.74) is 0.349. The van der Waals surface area contributed by atoms with Gasteiger partial charge in [0.1, 0.15) is 10.7 Å². The van der Waals surface area contributed by atoms with E-state index < -0.39 is 10.0 Å². The minimum Gasteiger partial charge on any atom is -0.354 e. The van der Waals surface area contributed by atoms with E-state index in [-0.39, 0.29) is 34.1 Å². The lowest BCUT2D eigenvalue weighted by atomic mass is 10.0. The van der Waals surface area contributed by atoms with Crippen molar-refractivity contribution in [1.82, 2.24) is 24.2 Å². The summed E-state index contributed by atoms with van der Waals surface area (Å²) in [6.07, 6.45) is 7.03. The number of hydrogen-bond donors (Lipinski definition) is 1. The second-order valence-corrected chi connectivity index (χ2v) is 12.3. The number of nitrogens with zero attached hydrogens (tertiary/aromatic N) is 5. The zero-order valence-electron chi connectivity index (χ0n) is 18.5. The molecule has 0 radical (unpaired) electrons. The number of amides is 1. The van der Waals surface area contributed by atoms with Crippen molar-refractivity contribution >= 4 is 39.2 Å². The number of carbonyl (C=O) groups excluding carboxylic acids is 1. The molecule has 0 spiro atoms. The van der Waals surface area contributed by atoms with Gasteiger partial charge in [0.05, 0.1) is 6.20 Å². The van der Waals surface area contributed by atoms with Crippen molar-refractivity contribution in [2.45, 2.75) is 67.7 Å². The van der Waals surface area contributed by atoms with Crippen LogP contribution in [0.25, 0.3) is 5.65 Å².